The molecule has 4 heterocycles. The Morgan fingerprint density at radius 1 is 1.41 bits per heavy atom. The van der Waals surface area contributed by atoms with Gasteiger partial charge in [-0.3, -0.25) is 9.69 Å². The summed E-state index contributed by atoms with van der Waals surface area (Å²) in [7, 11) is 3.57. The third-order valence-electron chi connectivity index (χ3n) is 7.31. The summed E-state index contributed by atoms with van der Waals surface area (Å²) in [6.45, 7) is 3.16. The first-order valence-corrected chi connectivity index (χ1v) is 10.3. The number of hydrogen-bond donors (Lipinski definition) is 2. The molecule has 1 aliphatic carbocycles. The van der Waals surface area contributed by atoms with E-state index in [4.69, 9.17) is 4.74 Å². The summed E-state index contributed by atoms with van der Waals surface area (Å²) in [5.74, 6) is 1.04. The number of nitrogens with zero attached hydrogens (tertiary/aromatic N) is 1. The summed E-state index contributed by atoms with van der Waals surface area (Å²) in [6.07, 6.45) is 4.26. The Morgan fingerprint density at radius 3 is 3.07 bits per heavy atom. The van der Waals surface area contributed by atoms with Crippen LogP contribution in [0, 0.1) is 11.8 Å². The number of carbonyl (C=O) groups is 1. The molecule has 5 heteroatoms. The lowest BCUT2D eigenvalue weighted by Crippen LogP contribution is -2.67. The average Bonchev–Trinajstić information content (AvgIpc) is 3.04. The van der Waals surface area contributed by atoms with Crippen molar-refractivity contribution >= 4 is 16.9 Å². The molecule has 4 bridgehead atoms. The van der Waals surface area contributed by atoms with Gasteiger partial charge >= 0.3 is 5.97 Å². The van der Waals surface area contributed by atoms with Crippen molar-refractivity contribution in [2.75, 3.05) is 33.8 Å². The molecule has 6 rings (SSSR count). The van der Waals surface area contributed by atoms with Crippen LogP contribution in [-0.2, 0) is 21.4 Å². The van der Waals surface area contributed by atoms with Gasteiger partial charge in [-0.15, -0.1) is 0 Å². The topological polar surface area (TPSA) is 57.4 Å². The Kier molecular flexibility index (Phi) is 4.06. The van der Waals surface area contributed by atoms with Gasteiger partial charge in [0.2, 0.25) is 0 Å². The lowest BCUT2D eigenvalue weighted by atomic mass is 9.56. The van der Waals surface area contributed by atoms with Crippen molar-refractivity contribution < 1.29 is 9.53 Å². The van der Waals surface area contributed by atoms with Crippen molar-refractivity contribution in [2.45, 2.75) is 37.1 Å². The molecular formula is C22H29N3O2. The highest BCUT2D eigenvalue weighted by molar-refractivity contribution is 5.91. The van der Waals surface area contributed by atoms with E-state index >= 15 is 0 Å². The maximum atomic E-state index is 13.4. The molecule has 2 aromatic rings. The first-order chi connectivity index (χ1) is 13.2. The zero-order valence-electron chi connectivity index (χ0n) is 16.3. The predicted octanol–water partition coefficient (Wildman–Crippen LogP) is 2.45. The van der Waals surface area contributed by atoms with Gasteiger partial charge in [-0.2, -0.15) is 0 Å². The van der Waals surface area contributed by atoms with Gasteiger partial charge in [0.15, 0.2) is 0 Å². The average molecular weight is 367 g/mol. The van der Waals surface area contributed by atoms with Crippen molar-refractivity contribution in [3.05, 3.63) is 35.5 Å². The van der Waals surface area contributed by atoms with E-state index in [0.717, 1.165) is 50.1 Å². The van der Waals surface area contributed by atoms with Gasteiger partial charge in [0.1, 0.15) is 5.41 Å². The molecule has 5 unspecified atom stereocenters. The SMILES string of the molecule is CNCCC1CC2CN3CCc4c([nH]c5ccccc45)C(C(=O)OC)(C2)C13. The minimum atomic E-state index is -0.556. The molecule has 5 nitrogen and oxygen atoms in total. The van der Waals surface area contributed by atoms with Crippen LogP contribution in [0.3, 0.4) is 0 Å². The zero-order valence-corrected chi connectivity index (χ0v) is 16.3. The summed E-state index contributed by atoms with van der Waals surface area (Å²) in [4.78, 5) is 19.7. The second-order valence-electron chi connectivity index (χ2n) is 8.64. The number of hydrogen-bond acceptors (Lipinski definition) is 4. The van der Waals surface area contributed by atoms with Crippen LogP contribution in [0.5, 0.6) is 0 Å². The quantitative estimate of drug-likeness (QED) is 0.815. The highest BCUT2D eigenvalue weighted by Crippen LogP contribution is 2.55. The number of aromatic amines is 1. The fourth-order valence-corrected chi connectivity index (χ4v) is 6.48. The molecule has 27 heavy (non-hydrogen) atoms. The monoisotopic (exact) mass is 367 g/mol. The van der Waals surface area contributed by atoms with Gasteiger partial charge < -0.3 is 15.0 Å². The van der Waals surface area contributed by atoms with E-state index in [9.17, 15) is 4.79 Å². The van der Waals surface area contributed by atoms with Crippen LogP contribution in [0.1, 0.15) is 30.5 Å². The molecule has 144 valence electrons. The van der Waals surface area contributed by atoms with E-state index in [0.29, 0.717) is 11.8 Å². The van der Waals surface area contributed by atoms with Gasteiger partial charge in [0.05, 0.1) is 7.11 Å². The third kappa shape index (κ3) is 2.34. The van der Waals surface area contributed by atoms with E-state index in [1.54, 1.807) is 7.11 Å². The Morgan fingerprint density at radius 2 is 2.26 bits per heavy atom. The number of carbonyl (C=O) groups excluding carboxylic acids is 1. The molecule has 2 N–H and O–H groups in total. The molecule has 1 aromatic heterocycles. The number of aromatic nitrogens is 1. The van der Waals surface area contributed by atoms with Crippen molar-refractivity contribution in [2.24, 2.45) is 11.8 Å². The highest BCUT2D eigenvalue weighted by atomic mass is 16.5. The van der Waals surface area contributed by atoms with Gasteiger partial charge in [0.25, 0.3) is 0 Å². The number of nitrogens with one attached hydrogen (secondary N) is 2. The third-order valence-corrected chi connectivity index (χ3v) is 7.31. The lowest BCUT2D eigenvalue weighted by molar-refractivity contribution is -0.162. The van der Waals surface area contributed by atoms with Crippen molar-refractivity contribution in [1.82, 2.24) is 15.2 Å². The number of para-hydroxylation sites is 1. The number of esters is 1. The van der Waals surface area contributed by atoms with Crippen LogP contribution in [0.15, 0.2) is 24.3 Å². The molecule has 0 spiro atoms. The maximum absolute atomic E-state index is 13.4. The number of ether oxygens (including phenoxy) is 1. The fourth-order valence-electron chi connectivity index (χ4n) is 6.48. The number of methoxy groups -OCH3 is 1. The first kappa shape index (κ1) is 17.3. The van der Waals surface area contributed by atoms with Gasteiger partial charge in [-0.25, -0.2) is 0 Å². The molecule has 3 aliphatic heterocycles. The molecule has 5 atom stereocenters. The van der Waals surface area contributed by atoms with Crippen LogP contribution >= 0.6 is 0 Å². The van der Waals surface area contributed by atoms with E-state index in [2.05, 4.69) is 39.5 Å². The Labute approximate surface area is 160 Å². The Bertz CT molecular complexity index is 876. The molecule has 0 radical (unpaired) electrons. The highest BCUT2D eigenvalue weighted by Gasteiger charge is 2.62. The van der Waals surface area contributed by atoms with Crippen LogP contribution in [0.2, 0.25) is 0 Å². The van der Waals surface area contributed by atoms with Crippen LogP contribution in [-0.4, -0.2) is 55.7 Å². The zero-order chi connectivity index (χ0) is 18.6. The number of benzene rings is 1. The predicted molar refractivity (Wildman–Crippen MR) is 106 cm³/mol. The molecule has 2 saturated heterocycles. The molecular weight excluding hydrogens is 338 g/mol. The van der Waals surface area contributed by atoms with E-state index < -0.39 is 5.41 Å². The first-order valence-electron chi connectivity index (χ1n) is 10.3. The summed E-state index contributed by atoms with van der Waals surface area (Å²) in [6, 6.07) is 8.72. The smallest absolute Gasteiger partial charge is 0.319 e. The normalized spacial score (nSPS) is 34.3. The number of rotatable bonds is 4. The molecule has 0 amide bonds. The largest absolute Gasteiger partial charge is 0.468 e. The molecule has 1 aromatic carbocycles. The summed E-state index contributed by atoms with van der Waals surface area (Å²) < 4.78 is 5.48. The summed E-state index contributed by atoms with van der Waals surface area (Å²) in [5, 5.41) is 4.58. The van der Waals surface area contributed by atoms with E-state index in [-0.39, 0.29) is 12.0 Å². The second kappa shape index (κ2) is 6.35. The number of piperidine rings is 2. The van der Waals surface area contributed by atoms with Crippen LogP contribution in [0.25, 0.3) is 10.9 Å². The Hall–Kier alpha value is -1.85. The molecule has 1 saturated carbocycles. The number of fused-ring (bicyclic) bond motifs is 4. The van der Waals surface area contributed by atoms with Gasteiger partial charge in [0, 0.05) is 35.7 Å². The minimum Gasteiger partial charge on any atom is -0.468 e. The maximum Gasteiger partial charge on any atom is 0.319 e. The minimum absolute atomic E-state index is 0.0499. The summed E-state index contributed by atoms with van der Waals surface area (Å²) >= 11 is 0. The Balaban J connectivity index is 1.72. The van der Waals surface area contributed by atoms with Gasteiger partial charge in [-0.1, -0.05) is 18.2 Å². The van der Waals surface area contributed by atoms with Gasteiger partial charge in [-0.05, 0) is 62.7 Å². The van der Waals surface area contributed by atoms with E-state index in [1.165, 1.54) is 17.4 Å². The van der Waals surface area contributed by atoms with E-state index in [1.807, 2.05) is 7.05 Å². The lowest BCUT2D eigenvalue weighted by Gasteiger charge is -2.58. The van der Waals surface area contributed by atoms with Crippen molar-refractivity contribution in [3.63, 3.8) is 0 Å². The molecule has 4 aliphatic rings. The standard InChI is InChI=1S/C22H29N3O2/c1-23-9-7-15-11-14-12-22(21(26)27-2)19-17(8-10-25(13-14)20(15)22)16-5-3-4-6-18(16)24-19/h3-6,14-15,20,23-24H,7-13H2,1-2H3. The van der Waals surface area contributed by atoms with Crippen molar-refractivity contribution in [3.8, 4) is 0 Å². The fraction of sp³-hybridized carbons (Fsp3) is 0.591. The summed E-state index contributed by atoms with van der Waals surface area (Å²) in [5.41, 5.74) is 3.06. The second-order valence-corrected chi connectivity index (χ2v) is 8.64. The molecule has 3 fully saturated rings. The van der Waals surface area contributed by atoms with Crippen LogP contribution < -0.4 is 5.32 Å². The number of H-pyrrole nitrogens is 1. The van der Waals surface area contributed by atoms with Crippen LogP contribution in [0.4, 0.5) is 0 Å². The van der Waals surface area contributed by atoms with Crippen molar-refractivity contribution in [1.29, 1.82) is 0 Å².